The van der Waals surface area contributed by atoms with Crippen molar-refractivity contribution in [2.24, 2.45) is 0 Å². The van der Waals surface area contributed by atoms with Crippen molar-refractivity contribution in [1.29, 1.82) is 0 Å². The molecule has 172 valence electrons. The van der Waals surface area contributed by atoms with Crippen LogP contribution in [0.1, 0.15) is 28.5 Å². The zero-order valence-corrected chi connectivity index (χ0v) is 19.4. The highest BCUT2D eigenvalue weighted by atomic mass is 32.1. The highest BCUT2D eigenvalue weighted by Gasteiger charge is 2.23. The van der Waals surface area contributed by atoms with E-state index in [1.54, 1.807) is 49.9 Å². The van der Waals surface area contributed by atoms with E-state index in [2.05, 4.69) is 10.3 Å². The first-order chi connectivity index (χ1) is 15.9. The summed E-state index contributed by atoms with van der Waals surface area (Å²) in [7, 11) is 1.57. The Hall–Kier alpha value is -3.72. The molecule has 0 bridgehead atoms. The highest BCUT2D eigenvalue weighted by Crippen LogP contribution is 2.36. The Morgan fingerprint density at radius 3 is 2.45 bits per heavy atom. The van der Waals surface area contributed by atoms with E-state index in [0.717, 1.165) is 11.3 Å². The Morgan fingerprint density at radius 2 is 1.82 bits per heavy atom. The van der Waals surface area contributed by atoms with E-state index in [9.17, 15) is 14.4 Å². The highest BCUT2D eigenvalue weighted by molar-refractivity contribution is 7.15. The molecule has 0 saturated heterocycles. The van der Waals surface area contributed by atoms with Gasteiger partial charge in [0.25, 0.3) is 5.91 Å². The van der Waals surface area contributed by atoms with Crippen LogP contribution in [0.15, 0.2) is 48.0 Å². The topological polar surface area (TPSA) is 104 Å². The predicted octanol–water partition coefficient (Wildman–Crippen LogP) is 4.03. The number of esters is 2. The van der Waals surface area contributed by atoms with Gasteiger partial charge >= 0.3 is 11.9 Å². The molecule has 1 aromatic carbocycles. The molecular weight excluding hydrogens is 444 g/mol. The summed E-state index contributed by atoms with van der Waals surface area (Å²) in [5.74, 6) is -0.974. The van der Waals surface area contributed by atoms with E-state index in [1.807, 2.05) is 19.1 Å². The van der Waals surface area contributed by atoms with Crippen molar-refractivity contribution in [2.75, 3.05) is 25.6 Å². The predicted molar refractivity (Wildman–Crippen MR) is 125 cm³/mol. The Bertz CT molecular complexity index is 1120. The number of methoxy groups -OCH3 is 1. The Morgan fingerprint density at radius 1 is 1.06 bits per heavy atom. The Balaban J connectivity index is 1.69. The van der Waals surface area contributed by atoms with Crippen LogP contribution in [0.5, 0.6) is 5.75 Å². The lowest BCUT2D eigenvalue weighted by atomic mass is 10.0. The van der Waals surface area contributed by atoms with Crippen molar-refractivity contribution < 1.29 is 28.6 Å². The Labute approximate surface area is 195 Å². The van der Waals surface area contributed by atoms with Crippen LogP contribution in [0.3, 0.4) is 0 Å². The van der Waals surface area contributed by atoms with Crippen LogP contribution in [0.2, 0.25) is 0 Å². The van der Waals surface area contributed by atoms with Crippen molar-refractivity contribution in [3.63, 3.8) is 0 Å². The number of aryl methyl sites for hydroxylation is 1. The van der Waals surface area contributed by atoms with Crippen LogP contribution in [-0.4, -0.2) is 43.2 Å². The third kappa shape index (κ3) is 6.39. The third-order valence-electron chi connectivity index (χ3n) is 4.61. The van der Waals surface area contributed by atoms with Crippen LogP contribution >= 0.6 is 11.3 Å². The number of anilines is 1. The number of carbonyl (C=O) groups excluding carboxylic acids is 3. The number of nitrogens with zero attached hydrogens (tertiary/aromatic N) is 1. The molecule has 0 radical (unpaired) electrons. The SMILES string of the molecule is CCOC(=O)c1c(-c2ccc(OC)cc2)csc1NC(=O)COC(=O)Cc1ccc(C)nc1. The van der Waals surface area contributed by atoms with Crippen LogP contribution < -0.4 is 10.1 Å². The van der Waals surface area contributed by atoms with Gasteiger partial charge in [0, 0.05) is 22.8 Å². The van der Waals surface area contributed by atoms with Gasteiger partial charge in [-0.05, 0) is 43.2 Å². The van der Waals surface area contributed by atoms with Crippen LogP contribution in [-0.2, 0) is 25.5 Å². The number of ether oxygens (including phenoxy) is 3. The second-order valence-electron chi connectivity index (χ2n) is 7.00. The summed E-state index contributed by atoms with van der Waals surface area (Å²) in [6, 6.07) is 10.8. The number of amides is 1. The van der Waals surface area contributed by atoms with E-state index in [-0.39, 0.29) is 18.6 Å². The van der Waals surface area contributed by atoms with Crippen molar-refractivity contribution >= 4 is 34.2 Å². The number of thiophene rings is 1. The average molecular weight is 469 g/mol. The zero-order valence-electron chi connectivity index (χ0n) is 18.5. The van der Waals surface area contributed by atoms with E-state index < -0.39 is 24.5 Å². The van der Waals surface area contributed by atoms with E-state index in [1.165, 1.54) is 11.3 Å². The minimum absolute atomic E-state index is 0.00918. The summed E-state index contributed by atoms with van der Waals surface area (Å²) in [6.07, 6.45) is 1.60. The molecule has 1 amide bonds. The molecular formula is C24H24N2O6S. The van der Waals surface area contributed by atoms with Crippen molar-refractivity contribution in [3.05, 3.63) is 64.8 Å². The fourth-order valence-corrected chi connectivity index (χ4v) is 3.94. The van der Waals surface area contributed by atoms with E-state index in [0.29, 0.717) is 21.9 Å². The van der Waals surface area contributed by atoms with Gasteiger partial charge in [0.2, 0.25) is 0 Å². The van der Waals surface area contributed by atoms with Crippen molar-refractivity contribution in [3.8, 4) is 16.9 Å². The summed E-state index contributed by atoms with van der Waals surface area (Å²) in [5, 5.41) is 4.74. The lowest BCUT2D eigenvalue weighted by Gasteiger charge is -2.10. The second-order valence-corrected chi connectivity index (χ2v) is 7.88. The third-order valence-corrected chi connectivity index (χ3v) is 5.51. The molecule has 8 nitrogen and oxygen atoms in total. The van der Waals surface area contributed by atoms with Gasteiger partial charge < -0.3 is 19.5 Å². The standard InChI is InChI=1S/C24H24N2O6S/c1-4-31-24(29)22-19(17-7-9-18(30-3)10-8-17)14-33-23(22)26-20(27)13-32-21(28)11-16-6-5-15(2)25-12-16/h5-10,12,14H,4,11,13H2,1-3H3,(H,26,27). The maximum absolute atomic E-state index is 12.6. The monoisotopic (exact) mass is 468 g/mol. The number of rotatable bonds is 9. The smallest absolute Gasteiger partial charge is 0.341 e. The van der Waals surface area contributed by atoms with Gasteiger partial charge in [0.1, 0.15) is 16.3 Å². The van der Waals surface area contributed by atoms with Crippen LogP contribution in [0.4, 0.5) is 5.00 Å². The lowest BCUT2D eigenvalue weighted by molar-refractivity contribution is -0.146. The number of hydrogen-bond acceptors (Lipinski definition) is 8. The molecule has 0 fully saturated rings. The van der Waals surface area contributed by atoms with Crippen LogP contribution in [0.25, 0.3) is 11.1 Å². The van der Waals surface area contributed by atoms with Gasteiger partial charge in [-0.25, -0.2) is 4.79 Å². The van der Waals surface area contributed by atoms with Crippen molar-refractivity contribution in [2.45, 2.75) is 20.3 Å². The largest absolute Gasteiger partial charge is 0.497 e. The molecule has 0 spiro atoms. The minimum atomic E-state index is -0.556. The normalized spacial score (nSPS) is 10.4. The molecule has 2 aromatic heterocycles. The number of nitrogens with one attached hydrogen (secondary N) is 1. The van der Waals surface area contributed by atoms with Crippen molar-refractivity contribution in [1.82, 2.24) is 4.98 Å². The first-order valence-electron chi connectivity index (χ1n) is 10.2. The number of aromatic nitrogens is 1. The molecule has 0 aliphatic carbocycles. The second kappa shape index (κ2) is 11.2. The molecule has 0 aliphatic heterocycles. The van der Waals surface area contributed by atoms with Gasteiger partial charge in [-0.3, -0.25) is 14.6 Å². The number of benzene rings is 1. The Kier molecular flexibility index (Phi) is 8.15. The fraction of sp³-hybridized carbons (Fsp3) is 0.250. The fourth-order valence-electron chi connectivity index (χ4n) is 2.97. The molecule has 0 atom stereocenters. The number of hydrogen-bond donors (Lipinski definition) is 1. The molecule has 9 heteroatoms. The summed E-state index contributed by atoms with van der Waals surface area (Å²) in [5.41, 5.74) is 3.18. The molecule has 33 heavy (non-hydrogen) atoms. The van der Waals surface area contributed by atoms with E-state index in [4.69, 9.17) is 14.2 Å². The lowest BCUT2D eigenvalue weighted by Crippen LogP contribution is -2.22. The van der Waals surface area contributed by atoms with Gasteiger partial charge in [0.05, 0.1) is 20.1 Å². The summed E-state index contributed by atoms with van der Waals surface area (Å²) in [6.45, 7) is 3.27. The molecule has 0 saturated carbocycles. The van der Waals surface area contributed by atoms with Gasteiger partial charge in [-0.15, -0.1) is 11.3 Å². The molecule has 3 aromatic rings. The molecule has 3 rings (SSSR count). The molecule has 2 heterocycles. The molecule has 0 aliphatic rings. The maximum Gasteiger partial charge on any atom is 0.341 e. The number of carbonyl (C=O) groups is 3. The summed E-state index contributed by atoms with van der Waals surface area (Å²) in [4.78, 5) is 41.2. The van der Waals surface area contributed by atoms with Gasteiger partial charge in [-0.2, -0.15) is 0 Å². The van der Waals surface area contributed by atoms with Gasteiger partial charge in [-0.1, -0.05) is 18.2 Å². The quantitative estimate of drug-likeness (QED) is 0.473. The molecule has 1 N–H and O–H groups in total. The average Bonchev–Trinajstić information content (AvgIpc) is 3.23. The number of pyridine rings is 1. The first-order valence-corrected chi connectivity index (χ1v) is 11.1. The van der Waals surface area contributed by atoms with E-state index >= 15 is 0 Å². The molecule has 0 unspecified atom stereocenters. The first kappa shape index (κ1) is 23.9. The minimum Gasteiger partial charge on any atom is -0.497 e. The summed E-state index contributed by atoms with van der Waals surface area (Å²) < 4.78 is 15.4. The zero-order chi connectivity index (χ0) is 23.8. The van der Waals surface area contributed by atoms with Crippen LogP contribution in [0, 0.1) is 6.92 Å². The summed E-state index contributed by atoms with van der Waals surface area (Å²) >= 11 is 1.19. The maximum atomic E-state index is 12.6. The van der Waals surface area contributed by atoms with Gasteiger partial charge in [0.15, 0.2) is 6.61 Å².